The fraction of sp³-hybridized carbons (Fsp3) is 0.562. The van der Waals surface area contributed by atoms with Gasteiger partial charge in [-0.1, -0.05) is 6.07 Å². The highest BCUT2D eigenvalue weighted by Crippen LogP contribution is 2.30. The van der Waals surface area contributed by atoms with Crippen molar-refractivity contribution in [2.45, 2.75) is 32.0 Å². The summed E-state index contributed by atoms with van der Waals surface area (Å²) in [5.41, 5.74) is 0.781. The lowest BCUT2D eigenvalue weighted by Crippen LogP contribution is -2.37. The largest absolute Gasteiger partial charge is 0.493 e. The highest BCUT2D eigenvalue weighted by molar-refractivity contribution is 5.85. The smallest absolute Gasteiger partial charge is 0.422 e. The number of benzene rings is 1. The van der Waals surface area contributed by atoms with E-state index in [1.54, 1.807) is 12.1 Å². The average molecular weight is 385 g/mol. The van der Waals surface area contributed by atoms with Crippen molar-refractivity contribution in [2.24, 2.45) is 0 Å². The number of carbonyl (C=O) groups excluding carboxylic acids is 1. The van der Waals surface area contributed by atoms with E-state index in [1.165, 1.54) is 13.2 Å². The summed E-state index contributed by atoms with van der Waals surface area (Å²) < 4.78 is 46.4. The first-order valence-electron chi connectivity index (χ1n) is 7.55. The third-order valence-corrected chi connectivity index (χ3v) is 3.36. The van der Waals surface area contributed by atoms with Gasteiger partial charge in [0, 0.05) is 19.0 Å². The molecule has 1 atom stereocenters. The minimum atomic E-state index is -4.41. The molecule has 0 heterocycles. The molecule has 144 valence electrons. The molecule has 2 N–H and O–H groups in total. The molecule has 1 aromatic rings. The van der Waals surface area contributed by atoms with Gasteiger partial charge in [-0.15, -0.1) is 12.4 Å². The molecule has 0 saturated carbocycles. The molecule has 0 saturated heterocycles. The second kappa shape index (κ2) is 11.0. The Balaban J connectivity index is 0.00000576. The number of aryl methyl sites for hydroxylation is 1. The maximum Gasteiger partial charge on any atom is 0.422 e. The van der Waals surface area contributed by atoms with Crippen LogP contribution < -0.4 is 20.1 Å². The van der Waals surface area contributed by atoms with Gasteiger partial charge in [0.2, 0.25) is 5.91 Å². The summed E-state index contributed by atoms with van der Waals surface area (Å²) in [7, 11) is 3.16. The first-order valence-corrected chi connectivity index (χ1v) is 7.55. The molecule has 1 amide bonds. The van der Waals surface area contributed by atoms with Crippen molar-refractivity contribution in [1.29, 1.82) is 0 Å². The molecule has 0 aliphatic heterocycles. The van der Waals surface area contributed by atoms with E-state index in [-0.39, 0.29) is 42.3 Å². The molecule has 0 aromatic heterocycles. The molecule has 5 nitrogen and oxygen atoms in total. The van der Waals surface area contributed by atoms with Crippen LogP contribution in [0.3, 0.4) is 0 Å². The molecule has 0 bridgehead atoms. The van der Waals surface area contributed by atoms with Gasteiger partial charge in [0.15, 0.2) is 18.1 Å². The van der Waals surface area contributed by atoms with Crippen LogP contribution in [0.5, 0.6) is 11.5 Å². The van der Waals surface area contributed by atoms with Crippen molar-refractivity contribution in [1.82, 2.24) is 10.6 Å². The van der Waals surface area contributed by atoms with E-state index in [9.17, 15) is 18.0 Å². The highest BCUT2D eigenvalue weighted by Gasteiger charge is 2.29. The van der Waals surface area contributed by atoms with Gasteiger partial charge in [0.1, 0.15) is 0 Å². The minimum Gasteiger partial charge on any atom is -0.493 e. The van der Waals surface area contributed by atoms with Crippen LogP contribution in [0.25, 0.3) is 0 Å². The zero-order valence-electron chi connectivity index (χ0n) is 14.4. The van der Waals surface area contributed by atoms with Crippen LogP contribution in [0, 0.1) is 0 Å². The van der Waals surface area contributed by atoms with E-state index in [0.717, 1.165) is 5.56 Å². The van der Waals surface area contributed by atoms with Crippen molar-refractivity contribution in [3.63, 3.8) is 0 Å². The topological polar surface area (TPSA) is 59.6 Å². The maximum atomic E-state index is 12.2. The third-order valence-electron chi connectivity index (χ3n) is 3.36. The Morgan fingerprint density at radius 1 is 1.28 bits per heavy atom. The van der Waals surface area contributed by atoms with E-state index < -0.39 is 12.8 Å². The molecule has 0 radical (unpaired) electrons. The summed E-state index contributed by atoms with van der Waals surface area (Å²) in [4.78, 5) is 11.8. The van der Waals surface area contributed by atoms with Crippen LogP contribution in [-0.2, 0) is 11.2 Å². The Labute approximate surface area is 151 Å². The lowest BCUT2D eigenvalue weighted by Gasteiger charge is -2.14. The van der Waals surface area contributed by atoms with Gasteiger partial charge in [-0.25, -0.2) is 0 Å². The zero-order valence-corrected chi connectivity index (χ0v) is 15.2. The number of hydrogen-bond donors (Lipinski definition) is 2. The van der Waals surface area contributed by atoms with Crippen molar-refractivity contribution in [2.75, 3.05) is 27.3 Å². The first-order chi connectivity index (χ1) is 11.2. The molecule has 0 spiro atoms. The molecule has 25 heavy (non-hydrogen) atoms. The van der Waals surface area contributed by atoms with E-state index in [2.05, 4.69) is 10.6 Å². The number of nitrogens with one attached hydrogen (secondary N) is 2. The van der Waals surface area contributed by atoms with E-state index >= 15 is 0 Å². The number of amides is 1. The maximum absolute atomic E-state index is 12.2. The molecule has 0 aliphatic rings. The molecule has 0 aliphatic carbocycles. The Hall–Kier alpha value is -1.67. The first kappa shape index (κ1) is 23.3. The van der Waals surface area contributed by atoms with Crippen LogP contribution in [0.15, 0.2) is 18.2 Å². The minimum absolute atomic E-state index is 0. The SMILES string of the molecule is CNC(C)CNC(=O)CCc1ccc(OCC(F)(F)F)c(OC)c1.Cl. The van der Waals surface area contributed by atoms with Crippen LogP contribution in [-0.4, -0.2) is 45.4 Å². The summed E-state index contributed by atoms with van der Waals surface area (Å²) in [5.74, 6) is 0.139. The second-order valence-electron chi connectivity index (χ2n) is 5.38. The van der Waals surface area contributed by atoms with Crippen molar-refractivity contribution < 1.29 is 27.4 Å². The van der Waals surface area contributed by atoms with Gasteiger partial charge in [0.05, 0.1) is 7.11 Å². The molecule has 0 fully saturated rings. The average Bonchev–Trinajstić information content (AvgIpc) is 2.55. The molecular weight excluding hydrogens is 361 g/mol. The van der Waals surface area contributed by atoms with Crippen molar-refractivity contribution >= 4 is 18.3 Å². The number of methoxy groups -OCH3 is 1. The predicted octanol–water partition coefficient (Wildman–Crippen LogP) is 2.71. The Morgan fingerprint density at radius 2 is 1.96 bits per heavy atom. The van der Waals surface area contributed by atoms with Gasteiger partial charge >= 0.3 is 6.18 Å². The summed E-state index contributed by atoms with van der Waals surface area (Å²) in [5, 5.41) is 5.81. The lowest BCUT2D eigenvalue weighted by atomic mass is 10.1. The summed E-state index contributed by atoms with van der Waals surface area (Å²) in [6.45, 7) is 1.10. The Kier molecular flexibility index (Phi) is 10.3. The predicted molar refractivity (Wildman–Crippen MR) is 91.6 cm³/mol. The normalized spacial score (nSPS) is 12.1. The number of rotatable bonds is 9. The zero-order chi connectivity index (χ0) is 18.2. The third kappa shape index (κ3) is 9.40. The molecule has 1 unspecified atom stereocenters. The molecule has 9 heteroatoms. The monoisotopic (exact) mass is 384 g/mol. The van der Waals surface area contributed by atoms with Crippen LogP contribution >= 0.6 is 12.4 Å². The summed E-state index contributed by atoms with van der Waals surface area (Å²) in [6, 6.07) is 4.80. The summed E-state index contributed by atoms with van der Waals surface area (Å²) >= 11 is 0. The second-order valence-corrected chi connectivity index (χ2v) is 5.38. The Bertz CT molecular complexity index is 542. The van der Waals surface area contributed by atoms with Gasteiger partial charge in [-0.2, -0.15) is 13.2 Å². The van der Waals surface area contributed by atoms with E-state index in [0.29, 0.717) is 13.0 Å². The molecular formula is C16H24ClF3N2O3. The van der Waals surface area contributed by atoms with E-state index in [1.807, 2.05) is 14.0 Å². The van der Waals surface area contributed by atoms with Crippen molar-refractivity contribution in [3.8, 4) is 11.5 Å². The van der Waals surface area contributed by atoms with Crippen LogP contribution in [0.2, 0.25) is 0 Å². The Morgan fingerprint density at radius 3 is 2.52 bits per heavy atom. The highest BCUT2D eigenvalue weighted by atomic mass is 35.5. The number of alkyl halides is 3. The van der Waals surface area contributed by atoms with Gasteiger partial charge in [-0.05, 0) is 38.1 Å². The van der Waals surface area contributed by atoms with Crippen molar-refractivity contribution in [3.05, 3.63) is 23.8 Å². The van der Waals surface area contributed by atoms with Gasteiger partial charge < -0.3 is 20.1 Å². The number of carbonyl (C=O) groups is 1. The fourth-order valence-corrected chi connectivity index (χ4v) is 1.86. The van der Waals surface area contributed by atoms with Crippen LogP contribution in [0.1, 0.15) is 18.9 Å². The molecule has 1 aromatic carbocycles. The van der Waals surface area contributed by atoms with Gasteiger partial charge in [0.25, 0.3) is 0 Å². The van der Waals surface area contributed by atoms with E-state index in [4.69, 9.17) is 9.47 Å². The lowest BCUT2D eigenvalue weighted by molar-refractivity contribution is -0.153. The molecule has 1 rings (SSSR count). The summed E-state index contributed by atoms with van der Waals surface area (Å²) in [6.07, 6.45) is -3.68. The number of likely N-dealkylation sites (N-methyl/N-ethyl adjacent to an activating group) is 1. The number of halogens is 4. The standard InChI is InChI=1S/C16H23F3N2O3.ClH/c1-11(20-2)9-21-15(22)7-5-12-4-6-13(14(8-12)23-3)24-10-16(17,18)19;/h4,6,8,11,20H,5,7,9-10H2,1-3H3,(H,21,22);1H. The quantitative estimate of drug-likeness (QED) is 0.687. The van der Waals surface area contributed by atoms with Gasteiger partial charge in [-0.3, -0.25) is 4.79 Å². The fourth-order valence-electron chi connectivity index (χ4n) is 1.86. The number of ether oxygens (including phenoxy) is 2. The van der Waals surface area contributed by atoms with Crippen LogP contribution in [0.4, 0.5) is 13.2 Å². The number of hydrogen-bond acceptors (Lipinski definition) is 4.